The number of carbonyl (C=O) groups excluding carboxylic acids is 1. The SMILES string of the molecule is O=C1c2ccccc2C2CCCCCC12Cc1ccc(F)cc1. The van der Waals surface area contributed by atoms with Crippen LogP contribution in [-0.4, -0.2) is 5.78 Å². The first kappa shape index (κ1) is 14.6. The van der Waals surface area contributed by atoms with E-state index < -0.39 is 0 Å². The van der Waals surface area contributed by atoms with Crippen LogP contribution in [0.25, 0.3) is 0 Å². The van der Waals surface area contributed by atoms with E-state index in [4.69, 9.17) is 0 Å². The number of fused-ring (bicyclic) bond motifs is 3. The number of benzene rings is 2. The van der Waals surface area contributed by atoms with Gasteiger partial charge in [0, 0.05) is 11.0 Å². The zero-order valence-electron chi connectivity index (χ0n) is 13.2. The summed E-state index contributed by atoms with van der Waals surface area (Å²) in [7, 11) is 0. The lowest BCUT2D eigenvalue weighted by atomic mass is 9.68. The van der Waals surface area contributed by atoms with Crippen molar-refractivity contribution in [1.82, 2.24) is 0 Å². The molecule has 0 saturated heterocycles. The van der Waals surface area contributed by atoms with Crippen LogP contribution < -0.4 is 0 Å². The molecule has 0 amide bonds. The summed E-state index contributed by atoms with van der Waals surface area (Å²) in [4.78, 5) is 13.3. The maximum atomic E-state index is 13.3. The number of hydrogen-bond donors (Lipinski definition) is 0. The fourth-order valence-corrected chi connectivity index (χ4v) is 4.68. The largest absolute Gasteiger partial charge is 0.294 e. The summed E-state index contributed by atoms with van der Waals surface area (Å²) in [5, 5.41) is 0. The van der Waals surface area contributed by atoms with Crippen LogP contribution >= 0.6 is 0 Å². The molecule has 0 aliphatic heterocycles. The summed E-state index contributed by atoms with van der Waals surface area (Å²) in [5.41, 5.74) is 2.90. The second kappa shape index (κ2) is 5.59. The number of rotatable bonds is 2. The van der Waals surface area contributed by atoms with Gasteiger partial charge in [0.2, 0.25) is 0 Å². The molecular formula is C21H21FO. The minimum Gasteiger partial charge on any atom is -0.294 e. The summed E-state index contributed by atoms with van der Waals surface area (Å²) in [5.74, 6) is 0.410. The molecule has 2 aliphatic rings. The number of Topliss-reactive ketones (excluding diaryl/α,β-unsaturated/α-hetero) is 1. The summed E-state index contributed by atoms with van der Waals surface area (Å²) in [6, 6.07) is 14.8. The Balaban J connectivity index is 1.79. The summed E-state index contributed by atoms with van der Waals surface area (Å²) in [6.07, 6.45) is 6.27. The number of ketones is 1. The lowest BCUT2D eigenvalue weighted by Crippen LogP contribution is -2.33. The number of carbonyl (C=O) groups is 1. The molecule has 2 atom stereocenters. The van der Waals surface area contributed by atoms with Gasteiger partial charge in [0.05, 0.1) is 0 Å². The maximum absolute atomic E-state index is 13.3. The Morgan fingerprint density at radius 3 is 2.61 bits per heavy atom. The quantitative estimate of drug-likeness (QED) is 0.736. The standard InChI is InChI=1S/C21H21FO/c22-16-11-9-15(10-12-16)14-21-13-5-1-2-8-19(21)17-6-3-4-7-18(17)20(21)23/h3-4,6-7,9-12,19H,1-2,5,8,13-14H2. The average molecular weight is 308 g/mol. The number of hydrogen-bond acceptors (Lipinski definition) is 1. The third kappa shape index (κ3) is 2.32. The summed E-state index contributed by atoms with van der Waals surface area (Å²) < 4.78 is 13.2. The topological polar surface area (TPSA) is 17.1 Å². The van der Waals surface area contributed by atoms with Crippen molar-refractivity contribution in [3.05, 3.63) is 71.0 Å². The van der Waals surface area contributed by atoms with Crippen LogP contribution in [0.1, 0.15) is 59.5 Å². The van der Waals surface area contributed by atoms with Crippen molar-refractivity contribution >= 4 is 5.78 Å². The Kier molecular flexibility index (Phi) is 3.56. The van der Waals surface area contributed by atoms with Crippen LogP contribution in [0, 0.1) is 11.2 Å². The molecule has 1 fully saturated rings. The van der Waals surface area contributed by atoms with E-state index in [1.165, 1.54) is 30.5 Å². The fraction of sp³-hybridized carbons (Fsp3) is 0.381. The van der Waals surface area contributed by atoms with Gasteiger partial charge in [0.15, 0.2) is 5.78 Å². The highest BCUT2D eigenvalue weighted by molar-refractivity contribution is 6.06. The van der Waals surface area contributed by atoms with Crippen molar-refractivity contribution < 1.29 is 9.18 Å². The van der Waals surface area contributed by atoms with Crippen molar-refractivity contribution in [2.45, 2.75) is 44.4 Å². The first-order chi connectivity index (χ1) is 11.2. The van der Waals surface area contributed by atoms with E-state index in [2.05, 4.69) is 6.07 Å². The molecule has 23 heavy (non-hydrogen) atoms. The maximum Gasteiger partial charge on any atom is 0.170 e. The third-order valence-corrected chi connectivity index (χ3v) is 5.75. The first-order valence-electron chi connectivity index (χ1n) is 8.59. The molecule has 2 unspecified atom stereocenters. The van der Waals surface area contributed by atoms with Crippen LogP contribution in [0.15, 0.2) is 48.5 Å². The van der Waals surface area contributed by atoms with Gasteiger partial charge >= 0.3 is 0 Å². The molecule has 2 aromatic rings. The van der Waals surface area contributed by atoms with Gasteiger partial charge < -0.3 is 0 Å². The predicted octanol–water partition coefficient (Wildman–Crippen LogP) is 5.30. The normalized spacial score (nSPS) is 26.5. The van der Waals surface area contributed by atoms with Crippen LogP contribution in [0.5, 0.6) is 0 Å². The molecule has 0 bridgehead atoms. The zero-order valence-corrected chi connectivity index (χ0v) is 13.2. The lowest BCUT2D eigenvalue weighted by molar-refractivity contribution is 0.0762. The van der Waals surface area contributed by atoms with Gasteiger partial charge in [-0.3, -0.25) is 4.79 Å². The summed E-state index contributed by atoms with van der Waals surface area (Å²) >= 11 is 0. The van der Waals surface area contributed by atoms with Gasteiger partial charge in [-0.25, -0.2) is 4.39 Å². The van der Waals surface area contributed by atoms with Crippen molar-refractivity contribution in [2.75, 3.05) is 0 Å². The molecule has 4 rings (SSSR count). The van der Waals surface area contributed by atoms with E-state index in [9.17, 15) is 9.18 Å². The van der Waals surface area contributed by atoms with Crippen molar-refractivity contribution in [1.29, 1.82) is 0 Å². The van der Waals surface area contributed by atoms with Crippen LogP contribution in [-0.2, 0) is 6.42 Å². The van der Waals surface area contributed by atoms with Crippen LogP contribution in [0.2, 0.25) is 0 Å². The second-order valence-corrected chi connectivity index (χ2v) is 7.03. The zero-order chi connectivity index (χ0) is 15.9. The Labute approximate surface area is 136 Å². The fourth-order valence-electron chi connectivity index (χ4n) is 4.68. The Hall–Kier alpha value is -1.96. The van der Waals surface area contributed by atoms with Gasteiger partial charge in [-0.2, -0.15) is 0 Å². The lowest BCUT2D eigenvalue weighted by Gasteiger charge is -2.33. The molecule has 0 N–H and O–H groups in total. The predicted molar refractivity (Wildman–Crippen MR) is 89.1 cm³/mol. The van der Waals surface area contributed by atoms with E-state index >= 15 is 0 Å². The van der Waals surface area contributed by atoms with Crippen LogP contribution in [0.4, 0.5) is 4.39 Å². The molecule has 0 radical (unpaired) electrons. The van der Waals surface area contributed by atoms with Gasteiger partial charge in [-0.1, -0.05) is 55.7 Å². The molecule has 2 aliphatic carbocycles. The van der Waals surface area contributed by atoms with Gasteiger partial charge in [0.25, 0.3) is 0 Å². The van der Waals surface area contributed by atoms with Gasteiger partial charge in [-0.05, 0) is 48.4 Å². The highest BCUT2D eigenvalue weighted by Gasteiger charge is 2.52. The van der Waals surface area contributed by atoms with Crippen molar-refractivity contribution in [3.63, 3.8) is 0 Å². The summed E-state index contributed by atoms with van der Waals surface area (Å²) in [6.45, 7) is 0. The van der Waals surface area contributed by atoms with E-state index in [-0.39, 0.29) is 11.2 Å². The molecule has 2 aromatic carbocycles. The van der Waals surface area contributed by atoms with Crippen molar-refractivity contribution in [2.24, 2.45) is 5.41 Å². The Morgan fingerprint density at radius 1 is 1.00 bits per heavy atom. The Bertz CT molecular complexity index is 734. The molecule has 1 nitrogen and oxygen atoms in total. The van der Waals surface area contributed by atoms with E-state index in [1.54, 1.807) is 0 Å². The first-order valence-corrected chi connectivity index (χ1v) is 8.59. The minimum atomic E-state index is -0.321. The van der Waals surface area contributed by atoms with E-state index in [1.807, 2.05) is 30.3 Å². The monoisotopic (exact) mass is 308 g/mol. The minimum absolute atomic E-state index is 0.218. The van der Waals surface area contributed by atoms with E-state index in [0.29, 0.717) is 11.7 Å². The molecule has 1 saturated carbocycles. The highest BCUT2D eigenvalue weighted by Crippen LogP contribution is 2.55. The average Bonchev–Trinajstić information content (AvgIpc) is 2.71. The van der Waals surface area contributed by atoms with Crippen molar-refractivity contribution in [3.8, 4) is 0 Å². The molecule has 0 spiro atoms. The van der Waals surface area contributed by atoms with Gasteiger partial charge in [0.1, 0.15) is 5.82 Å². The molecule has 0 aromatic heterocycles. The molecular weight excluding hydrogens is 287 g/mol. The molecule has 2 heteroatoms. The van der Waals surface area contributed by atoms with E-state index in [0.717, 1.165) is 36.8 Å². The number of halogens is 1. The second-order valence-electron chi connectivity index (χ2n) is 7.03. The highest BCUT2D eigenvalue weighted by atomic mass is 19.1. The third-order valence-electron chi connectivity index (χ3n) is 5.75. The molecule has 0 heterocycles. The Morgan fingerprint density at radius 2 is 1.78 bits per heavy atom. The van der Waals surface area contributed by atoms with Gasteiger partial charge in [-0.15, -0.1) is 0 Å². The smallest absolute Gasteiger partial charge is 0.170 e. The van der Waals surface area contributed by atoms with Crippen LogP contribution in [0.3, 0.4) is 0 Å². The molecule has 118 valence electrons.